The maximum atomic E-state index is 13.8. The van der Waals surface area contributed by atoms with E-state index in [1.165, 1.54) is 46.9 Å². The number of nitrogens with zero attached hydrogens (tertiary/aromatic N) is 3. The molecule has 0 radical (unpaired) electrons. The van der Waals surface area contributed by atoms with E-state index in [0.29, 0.717) is 20.8 Å². The van der Waals surface area contributed by atoms with Crippen molar-refractivity contribution in [3.8, 4) is 0 Å². The van der Waals surface area contributed by atoms with Crippen LogP contribution in [0, 0.1) is 5.82 Å². The predicted octanol–water partition coefficient (Wildman–Crippen LogP) is 2.76. The Labute approximate surface area is 212 Å². The normalized spacial score (nSPS) is 14.9. The molecular formula is C25H21FN3O3S3+. The number of ether oxygens (including phenoxy) is 1. The second-order valence-corrected chi connectivity index (χ2v) is 10.8. The number of methoxy groups -OCH3 is 1. The summed E-state index contributed by atoms with van der Waals surface area (Å²) in [6, 6.07) is 14.7. The minimum Gasteiger partial charge on any atom is -0.468 e. The van der Waals surface area contributed by atoms with Crippen LogP contribution in [0.1, 0.15) is 10.6 Å². The summed E-state index contributed by atoms with van der Waals surface area (Å²) in [6.07, 6.45) is 3.93. The molecule has 0 unspecified atom stereocenters. The van der Waals surface area contributed by atoms with Crippen LogP contribution in [0.5, 0.6) is 0 Å². The van der Waals surface area contributed by atoms with Gasteiger partial charge in [-0.05, 0) is 18.2 Å². The third-order valence-corrected chi connectivity index (χ3v) is 8.89. The van der Waals surface area contributed by atoms with Crippen molar-refractivity contribution in [2.45, 2.75) is 18.0 Å². The van der Waals surface area contributed by atoms with Crippen LogP contribution in [0.15, 0.2) is 69.8 Å². The Balaban J connectivity index is 1.64. The van der Waals surface area contributed by atoms with Crippen LogP contribution in [0.25, 0.3) is 11.1 Å². The number of anilines is 1. The molecule has 0 spiro atoms. The molecular weight excluding hydrogens is 505 g/mol. The summed E-state index contributed by atoms with van der Waals surface area (Å²) >= 11 is 4.22. The lowest BCUT2D eigenvalue weighted by Crippen LogP contribution is -2.37. The number of rotatable bonds is 5. The molecule has 1 aliphatic rings. The fourth-order valence-corrected chi connectivity index (χ4v) is 7.06. The summed E-state index contributed by atoms with van der Waals surface area (Å²) in [7, 11) is 3.16. The fourth-order valence-electron chi connectivity index (χ4n) is 3.79. The molecule has 0 N–H and O–H groups in total. The lowest BCUT2D eigenvalue weighted by molar-refractivity contribution is -0.685. The molecule has 0 saturated carbocycles. The lowest BCUT2D eigenvalue weighted by Gasteiger charge is -2.12. The maximum absolute atomic E-state index is 13.8. The van der Waals surface area contributed by atoms with Crippen LogP contribution in [0.2, 0.25) is 0 Å². The Morgan fingerprint density at radius 3 is 2.77 bits per heavy atom. The van der Waals surface area contributed by atoms with Gasteiger partial charge in [-0.25, -0.2) is 4.39 Å². The molecule has 4 aromatic rings. The summed E-state index contributed by atoms with van der Waals surface area (Å²) < 4.78 is 23.3. The van der Waals surface area contributed by atoms with Crippen molar-refractivity contribution in [3.63, 3.8) is 0 Å². The SMILES string of the molecule is COC(=O)Cn1c(=Cc2scc[n+]2Cc2ccccc2)sc(=C2Sc3cc(F)ccc3N2C)c1=O. The molecule has 6 nitrogen and oxygen atoms in total. The van der Waals surface area contributed by atoms with E-state index in [9.17, 15) is 14.0 Å². The number of carbonyl (C=O) groups excluding carboxylic acids is 1. The molecule has 0 bridgehead atoms. The van der Waals surface area contributed by atoms with Gasteiger partial charge in [0.15, 0.2) is 12.7 Å². The Morgan fingerprint density at radius 2 is 2.00 bits per heavy atom. The van der Waals surface area contributed by atoms with Crippen molar-refractivity contribution >= 4 is 57.2 Å². The van der Waals surface area contributed by atoms with Gasteiger partial charge in [-0.2, -0.15) is 4.57 Å². The van der Waals surface area contributed by atoms with E-state index < -0.39 is 5.97 Å². The van der Waals surface area contributed by atoms with E-state index in [2.05, 4.69) is 16.7 Å². The Kier molecular flexibility index (Phi) is 6.59. The van der Waals surface area contributed by atoms with Crippen molar-refractivity contribution in [1.82, 2.24) is 4.57 Å². The molecule has 3 heterocycles. The molecule has 0 saturated heterocycles. The van der Waals surface area contributed by atoms with Crippen LogP contribution in [-0.4, -0.2) is 24.7 Å². The predicted molar refractivity (Wildman–Crippen MR) is 138 cm³/mol. The zero-order valence-corrected chi connectivity index (χ0v) is 21.4. The second kappa shape index (κ2) is 9.80. The van der Waals surface area contributed by atoms with Crippen LogP contribution in [0.3, 0.4) is 0 Å². The van der Waals surface area contributed by atoms with Gasteiger partial charge in [0.2, 0.25) is 0 Å². The van der Waals surface area contributed by atoms with Crippen LogP contribution >= 0.6 is 34.4 Å². The molecule has 35 heavy (non-hydrogen) atoms. The number of carbonyl (C=O) groups is 1. The van der Waals surface area contributed by atoms with Gasteiger partial charge in [0, 0.05) is 17.5 Å². The molecule has 0 aliphatic carbocycles. The van der Waals surface area contributed by atoms with Crippen molar-refractivity contribution in [3.05, 3.63) is 96.0 Å². The summed E-state index contributed by atoms with van der Waals surface area (Å²) in [6.45, 7) is 0.497. The van der Waals surface area contributed by atoms with Crippen LogP contribution in [0.4, 0.5) is 10.1 Å². The van der Waals surface area contributed by atoms with Gasteiger partial charge < -0.3 is 9.64 Å². The molecule has 1 aliphatic heterocycles. The maximum Gasteiger partial charge on any atom is 0.325 e. The number of fused-ring (bicyclic) bond motifs is 1. The number of aromatic nitrogens is 2. The van der Waals surface area contributed by atoms with Gasteiger partial charge in [-0.1, -0.05) is 53.4 Å². The van der Waals surface area contributed by atoms with Crippen molar-refractivity contribution < 1.29 is 18.5 Å². The number of hydrogen-bond donors (Lipinski definition) is 0. The Bertz CT molecular complexity index is 1590. The number of esters is 1. The minimum absolute atomic E-state index is 0.190. The first-order valence-corrected chi connectivity index (χ1v) is 13.2. The van der Waals surface area contributed by atoms with Gasteiger partial charge >= 0.3 is 5.97 Å². The Morgan fingerprint density at radius 1 is 1.20 bits per heavy atom. The van der Waals surface area contributed by atoms with Gasteiger partial charge in [-0.3, -0.25) is 14.2 Å². The molecule has 0 atom stereocenters. The van der Waals surface area contributed by atoms with E-state index in [-0.39, 0.29) is 17.9 Å². The number of thioether (sulfide) groups is 1. The van der Waals surface area contributed by atoms with E-state index in [1.54, 1.807) is 17.4 Å². The molecule has 2 aromatic carbocycles. The van der Waals surface area contributed by atoms with Gasteiger partial charge in [-0.15, -0.1) is 11.3 Å². The first-order valence-electron chi connectivity index (χ1n) is 10.7. The first kappa shape index (κ1) is 23.5. The lowest BCUT2D eigenvalue weighted by atomic mass is 10.2. The van der Waals surface area contributed by atoms with Gasteiger partial charge in [0.25, 0.3) is 10.6 Å². The smallest absolute Gasteiger partial charge is 0.325 e. The molecule has 0 amide bonds. The third kappa shape index (κ3) is 4.69. The molecule has 178 valence electrons. The third-order valence-electron chi connectivity index (χ3n) is 5.57. The highest BCUT2D eigenvalue weighted by Gasteiger charge is 2.26. The second-order valence-electron chi connectivity index (χ2n) is 7.81. The first-order chi connectivity index (χ1) is 16.9. The zero-order valence-electron chi connectivity index (χ0n) is 18.9. The molecule has 2 aromatic heterocycles. The van der Waals surface area contributed by atoms with E-state index in [4.69, 9.17) is 4.74 Å². The highest BCUT2D eigenvalue weighted by atomic mass is 32.2. The van der Waals surface area contributed by atoms with Crippen molar-refractivity contribution in [2.24, 2.45) is 0 Å². The molecule has 0 fully saturated rings. The van der Waals surface area contributed by atoms with Crippen LogP contribution in [-0.2, 0) is 22.6 Å². The van der Waals surface area contributed by atoms with E-state index in [1.807, 2.05) is 47.8 Å². The highest BCUT2D eigenvalue weighted by molar-refractivity contribution is 8.08. The number of hydrogen-bond acceptors (Lipinski definition) is 7. The molecule has 5 rings (SSSR count). The summed E-state index contributed by atoms with van der Waals surface area (Å²) in [5.41, 5.74) is 1.72. The minimum atomic E-state index is -0.503. The van der Waals surface area contributed by atoms with Gasteiger partial charge in [0.05, 0.1) is 24.3 Å². The Hall–Kier alpha value is -3.21. The van der Waals surface area contributed by atoms with Crippen molar-refractivity contribution in [1.29, 1.82) is 0 Å². The zero-order chi connectivity index (χ0) is 24.5. The standard InChI is InChI=1S/C25H21FN3O3S3/c1-27-18-9-8-17(26)12-19(18)34-25(27)23-24(31)29(15-22(30)32-2)21(35-23)13-20-28(10-11-33-20)14-16-6-4-3-5-7-16/h3-13H,14-15H2,1-2H3/q+1. The summed E-state index contributed by atoms with van der Waals surface area (Å²) in [4.78, 5) is 28.3. The topological polar surface area (TPSA) is 55.4 Å². The largest absolute Gasteiger partial charge is 0.468 e. The fraction of sp³-hybridized carbons (Fsp3) is 0.160. The molecule has 10 heteroatoms. The number of benzene rings is 2. The number of halogens is 1. The average Bonchev–Trinajstić information content (AvgIpc) is 3.51. The quantitative estimate of drug-likeness (QED) is 0.296. The monoisotopic (exact) mass is 526 g/mol. The summed E-state index contributed by atoms with van der Waals surface area (Å²) in [5, 5.41) is 3.65. The van der Waals surface area contributed by atoms with E-state index in [0.717, 1.165) is 21.2 Å². The van der Waals surface area contributed by atoms with Crippen LogP contribution < -0.4 is 24.2 Å². The van der Waals surface area contributed by atoms with Crippen molar-refractivity contribution in [2.75, 3.05) is 19.1 Å². The average molecular weight is 527 g/mol. The number of thiazole rings is 2. The highest BCUT2D eigenvalue weighted by Crippen LogP contribution is 2.45. The van der Waals surface area contributed by atoms with E-state index >= 15 is 0 Å². The van der Waals surface area contributed by atoms with Gasteiger partial charge in [0.1, 0.15) is 26.6 Å². The summed E-state index contributed by atoms with van der Waals surface area (Å²) in [5.74, 6) is -0.827.